The van der Waals surface area contributed by atoms with E-state index in [1.165, 1.54) is 6.08 Å². The number of carbonyl (C=O) groups excluding carboxylic acids is 1. The van der Waals surface area contributed by atoms with Gasteiger partial charge in [-0.1, -0.05) is 12.1 Å². The number of hydrogen-bond acceptors (Lipinski definition) is 3. The zero-order valence-corrected chi connectivity index (χ0v) is 13.2. The van der Waals surface area contributed by atoms with Crippen LogP contribution < -0.4 is 4.74 Å². The first kappa shape index (κ1) is 16.3. The molecule has 3 heteroatoms. The standard InChI is InChI=1S/C17H24O3/c1-16(2,3)19-14-9-7-8-13(12-14)10-11-15(18)20-17(4,5)6/h7-12H,1-6H3/b11-10+. The van der Waals surface area contributed by atoms with Crippen LogP contribution in [0.2, 0.25) is 0 Å². The summed E-state index contributed by atoms with van der Waals surface area (Å²) in [6, 6.07) is 7.61. The highest BCUT2D eigenvalue weighted by molar-refractivity contribution is 5.87. The molecule has 0 aromatic heterocycles. The maximum Gasteiger partial charge on any atom is 0.331 e. The van der Waals surface area contributed by atoms with Crippen LogP contribution in [0.25, 0.3) is 6.08 Å². The lowest BCUT2D eigenvalue weighted by Gasteiger charge is -2.21. The Balaban J connectivity index is 2.73. The number of esters is 1. The average Bonchev–Trinajstić information content (AvgIpc) is 2.22. The molecule has 0 radical (unpaired) electrons. The molecule has 1 aromatic carbocycles. The zero-order valence-electron chi connectivity index (χ0n) is 13.2. The molecule has 0 aliphatic rings. The second-order valence-corrected chi connectivity index (χ2v) is 6.65. The van der Waals surface area contributed by atoms with Crippen LogP contribution in [0.3, 0.4) is 0 Å². The van der Waals surface area contributed by atoms with Crippen LogP contribution in [0.4, 0.5) is 0 Å². The van der Waals surface area contributed by atoms with Crippen molar-refractivity contribution in [2.45, 2.75) is 52.7 Å². The minimum Gasteiger partial charge on any atom is -0.488 e. The van der Waals surface area contributed by atoms with E-state index < -0.39 is 5.60 Å². The van der Waals surface area contributed by atoms with Gasteiger partial charge in [-0.05, 0) is 65.3 Å². The first-order valence-electron chi connectivity index (χ1n) is 6.75. The van der Waals surface area contributed by atoms with Gasteiger partial charge in [0.05, 0.1) is 0 Å². The molecule has 0 unspecified atom stereocenters. The van der Waals surface area contributed by atoms with E-state index in [-0.39, 0.29) is 11.6 Å². The summed E-state index contributed by atoms with van der Waals surface area (Å²) in [7, 11) is 0. The summed E-state index contributed by atoms with van der Waals surface area (Å²) in [5, 5.41) is 0. The predicted molar refractivity (Wildman–Crippen MR) is 81.7 cm³/mol. The Bertz CT molecular complexity index is 488. The third-order valence-electron chi connectivity index (χ3n) is 2.10. The Morgan fingerprint density at radius 1 is 1.05 bits per heavy atom. The van der Waals surface area contributed by atoms with Gasteiger partial charge >= 0.3 is 5.97 Å². The van der Waals surface area contributed by atoms with Gasteiger partial charge in [-0.15, -0.1) is 0 Å². The second-order valence-electron chi connectivity index (χ2n) is 6.65. The van der Waals surface area contributed by atoms with Gasteiger partial charge in [0.25, 0.3) is 0 Å². The maximum atomic E-state index is 11.6. The van der Waals surface area contributed by atoms with E-state index in [9.17, 15) is 4.79 Å². The highest BCUT2D eigenvalue weighted by Crippen LogP contribution is 2.20. The zero-order chi connectivity index (χ0) is 15.4. The normalized spacial score (nSPS) is 12.5. The number of rotatable bonds is 3. The summed E-state index contributed by atoms with van der Waals surface area (Å²) >= 11 is 0. The highest BCUT2D eigenvalue weighted by Gasteiger charge is 2.14. The van der Waals surface area contributed by atoms with E-state index in [1.54, 1.807) is 6.08 Å². The first-order valence-corrected chi connectivity index (χ1v) is 6.75. The van der Waals surface area contributed by atoms with Gasteiger partial charge in [-0.3, -0.25) is 0 Å². The summed E-state index contributed by atoms with van der Waals surface area (Å²) in [4.78, 5) is 11.6. The fourth-order valence-corrected chi connectivity index (χ4v) is 1.54. The van der Waals surface area contributed by atoms with E-state index in [0.29, 0.717) is 0 Å². The van der Waals surface area contributed by atoms with Crippen LogP contribution >= 0.6 is 0 Å². The topological polar surface area (TPSA) is 35.5 Å². The van der Waals surface area contributed by atoms with Crippen molar-refractivity contribution in [2.24, 2.45) is 0 Å². The van der Waals surface area contributed by atoms with Crippen molar-refractivity contribution in [3.8, 4) is 5.75 Å². The monoisotopic (exact) mass is 276 g/mol. The van der Waals surface area contributed by atoms with Crippen molar-refractivity contribution in [1.29, 1.82) is 0 Å². The molecule has 110 valence electrons. The van der Waals surface area contributed by atoms with Crippen molar-refractivity contribution in [1.82, 2.24) is 0 Å². The van der Waals surface area contributed by atoms with E-state index in [0.717, 1.165) is 11.3 Å². The van der Waals surface area contributed by atoms with Gasteiger partial charge in [-0.2, -0.15) is 0 Å². The lowest BCUT2D eigenvalue weighted by Crippen LogP contribution is -2.23. The van der Waals surface area contributed by atoms with E-state index >= 15 is 0 Å². The first-order chi connectivity index (χ1) is 9.05. The lowest BCUT2D eigenvalue weighted by molar-refractivity contribution is -0.148. The Labute approximate surface area is 121 Å². The Morgan fingerprint density at radius 3 is 2.25 bits per heavy atom. The molecule has 0 saturated carbocycles. The molecule has 1 aromatic rings. The third kappa shape index (κ3) is 6.98. The van der Waals surface area contributed by atoms with Crippen molar-refractivity contribution >= 4 is 12.0 Å². The minimum absolute atomic E-state index is 0.243. The van der Waals surface area contributed by atoms with Crippen LogP contribution in [-0.2, 0) is 9.53 Å². The van der Waals surface area contributed by atoms with Crippen LogP contribution in [-0.4, -0.2) is 17.2 Å². The Hall–Kier alpha value is -1.77. The number of ether oxygens (including phenoxy) is 2. The van der Waals surface area contributed by atoms with E-state index in [1.807, 2.05) is 65.8 Å². The lowest BCUT2D eigenvalue weighted by atomic mass is 10.1. The SMILES string of the molecule is CC(C)(C)OC(=O)/C=C/c1cccc(OC(C)(C)C)c1. The number of hydrogen-bond donors (Lipinski definition) is 0. The molecule has 1 rings (SSSR count). The van der Waals surface area contributed by atoms with Gasteiger partial charge in [0.1, 0.15) is 17.0 Å². The fraction of sp³-hybridized carbons (Fsp3) is 0.471. The van der Waals surface area contributed by atoms with E-state index in [4.69, 9.17) is 9.47 Å². The van der Waals surface area contributed by atoms with Gasteiger partial charge < -0.3 is 9.47 Å². The molecule has 0 N–H and O–H groups in total. The highest BCUT2D eigenvalue weighted by atomic mass is 16.6. The molecule has 0 heterocycles. The van der Waals surface area contributed by atoms with Gasteiger partial charge in [-0.25, -0.2) is 4.79 Å². The van der Waals surface area contributed by atoms with E-state index in [2.05, 4.69) is 0 Å². The third-order valence-corrected chi connectivity index (χ3v) is 2.10. The summed E-state index contributed by atoms with van der Waals surface area (Å²) in [5.74, 6) is 0.434. The van der Waals surface area contributed by atoms with Crippen LogP contribution in [0.1, 0.15) is 47.1 Å². The molecular formula is C17H24O3. The smallest absolute Gasteiger partial charge is 0.331 e. The second kappa shape index (κ2) is 6.12. The van der Waals surface area contributed by atoms with Gasteiger partial charge in [0, 0.05) is 6.08 Å². The maximum absolute atomic E-state index is 11.6. The molecule has 0 saturated heterocycles. The molecule has 0 atom stereocenters. The largest absolute Gasteiger partial charge is 0.488 e. The molecule has 0 spiro atoms. The molecule has 0 fully saturated rings. The molecule has 0 amide bonds. The van der Waals surface area contributed by atoms with Crippen LogP contribution in [0.15, 0.2) is 30.3 Å². The molecule has 0 aliphatic carbocycles. The number of carbonyl (C=O) groups is 1. The minimum atomic E-state index is -0.474. The number of benzene rings is 1. The van der Waals surface area contributed by atoms with Gasteiger partial charge in [0.15, 0.2) is 0 Å². The molecule has 0 aliphatic heterocycles. The Kier molecular flexibility index (Phi) is 4.98. The fourth-order valence-electron chi connectivity index (χ4n) is 1.54. The van der Waals surface area contributed by atoms with Crippen molar-refractivity contribution in [2.75, 3.05) is 0 Å². The summed E-state index contributed by atoms with van der Waals surface area (Å²) in [6.45, 7) is 11.5. The summed E-state index contributed by atoms with van der Waals surface area (Å²) < 4.78 is 11.0. The predicted octanol–water partition coefficient (Wildman–Crippen LogP) is 4.22. The van der Waals surface area contributed by atoms with Gasteiger partial charge in [0.2, 0.25) is 0 Å². The van der Waals surface area contributed by atoms with Crippen molar-refractivity contribution < 1.29 is 14.3 Å². The van der Waals surface area contributed by atoms with Crippen molar-refractivity contribution in [3.63, 3.8) is 0 Å². The van der Waals surface area contributed by atoms with Crippen LogP contribution in [0.5, 0.6) is 5.75 Å². The Morgan fingerprint density at radius 2 is 1.70 bits per heavy atom. The molecule has 0 bridgehead atoms. The quantitative estimate of drug-likeness (QED) is 0.612. The molecular weight excluding hydrogens is 252 g/mol. The molecule has 20 heavy (non-hydrogen) atoms. The van der Waals surface area contributed by atoms with Crippen molar-refractivity contribution in [3.05, 3.63) is 35.9 Å². The molecule has 3 nitrogen and oxygen atoms in total. The van der Waals surface area contributed by atoms with Crippen LogP contribution in [0, 0.1) is 0 Å². The average molecular weight is 276 g/mol. The summed E-state index contributed by atoms with van der Waals surface area (Å²) in [6.07, 6.45) is 3.16. The summed E-state index contributed by atoms with van der Waals surface area (Å²) in [5.41, 5.74) is 0.184.